The Morgan fingerprint density at radius 3 is 2.55 bits per heavy atom. The number of rotatable bonds is 2. The third kappa shape index (κ3) is 2.40. The van der Waals surface area contributed by atoms with Gasteiger partial charge in [-0.25, -0.2) is 0 Å². The zero-order valence-electron chi connectivity index (χ0n) is 12.2. The van der Waals surface area contributed by atoms with Gasteiger partial charge in [0, 0.05) is 5.56 Å². The quantitative estimate of drug-likeness (QED) is 0.773. The summed E-state index contributed by atoms with van der Waals surface area (Å²) < 4.78 is 0. The minimum Gasteiger partial charge on any atom is -0.504 e. The first-order chi connectivity index (χ1) is 9.27. The molecule has 1 aromatic carbocycles. The van der Waals surface area contributed by atoms with Crippen LogP contribution in [0.25, 0.3) is 0 Å². The van der Waals surface area contributed by atoms with E-state index < -0.39 is 16.8 Å². The van der Waals surface area contributed by atoms with Gasteiger partial charge in [0.05, 0.1) is 5.60 Å². The Kier molecular flexibility index (Phi) is 3.78. The second-order valence-electron chi connectivity index (χ2n) is 6.00. The zero-order valence-corrected chi connectivity index (χ0v) is 12.2. The van der Waals surface area contributed by atoms with Crippen molar-refractivity contribution in [2.45, 2.75) is 52.1 Å². The molecule has 2 rings (SSSR count). The molecule has 3 N–H and O–H groups in total. The predicted octanol–water partition coefficient (Wildman–Crippen LogP) is 2.03. The summed E-state index contributed by atoms with van der Waals surface area (Å²) in [6.45, 7) is 5.59. The third-order valence-corrected chi connectivity index (χ3v) is 4.72. The fourth-order valence-electron chi connectivity index (χ4n) is 3.03. The number of hydrogen-bond donors (Lipinski definition) is 3. The Labute approximate surface area is 118 Å². The molecule has 0 aliphatic heterocycles. The highest BCUT2D eigenvalue weighted by atomic mass is 16.3. The van der Waals surface area contributed by atoms with Gasteiger partial charge in [-0.3, -0.25) is 4.79 Å². The zero-order chi connectivity index (χ0) is 15.1. The average Bonchev–Trinajstić information content (AvgIpc) is 2.51. The van der Waals surface area contributed by atoms with Gasteiger partial charge in [-0.2, -0.15) is 0 Å². The summed E-state index contributed by atoms with van der Waals surface area (Å²) in [4.78, 5) is 11.7. The average molecular weight is 278 g/mol. The Morgan fingerprint density at radius 2 is 1.95 bits per heavy atom. The minimum absolute atomic E-state index is 0.0951. The van der Waals surface area contributed by atoms with Gasteiger partial charge in [0.1, 0.15) is 0 Å². The molecule has 0 radical (unpaired) electrons. The van der Waals surface area contributed by atoms with E-state index in [0.29, 0.717) is 24.8 Å². The summed E-state index contributed by atoms with van der Waals surface area (Å²) in [6, 6.07) is 1.36. The minimum atomic E-state index is -0.753. The number of hydrogen-bond acceptors (Lipinski definition) is 4. The van der Waals surface area contributed by atoms with Crippen molar-refractivity contribution in [2.24, 2.45) is 5.92 Å². The van der Waals surface area contributed by atoms with E-state index in [4.69, 9.17) is 0 Å². The molecule has 0 saturated carbocycles. The maximum absolute atomic E-state index is 11.7. The normalized spacial score (nSPS) is 21.1. The van der Waals surface area contributed by atoms with Crippen molar-refractivity contribution in [1.82, 2.24) is 0 Å². The van der Waals surface area contributed by atoms with Gasteiger partial charge < -0.3 is 15.3 Å². The largest absolute Gasteiger partial charge is 0.504 e. The van der Waals surface area contributed by atoms with E-state index in [9.17, 15) is 20.1 Å². The smallest absolute Gasteiger partial charge is 0.224 e. The molecule has 110 valence electrons. The molecule has 0 fully saturated rings. The van der Waals surface area contributed by atoms with E-state index in [0.717, 1.165) is 17.5 Å². The van der Waals surface area contributed by atoms with Gasteiger partial charge in [0.15, 0.2) is 5.75 Å². The van der Waals surface area contributed by atoms with E-state index in [1.165, 1.54) is 6.07 Å². The lowest BCUT2D eigenvalue weighted by Gasteiger charge is -2.36. The van der Waals surface area contributed by atoms with E-state index >= 15 is 0 Å². The maximum atomic E-state index is 11.7. The summed E-state index contributed by atoms with van der Waals surface area (Å²) in [7, 11) is 0. The van der Waals surface area contributed by atoms with Crippen molar-refractivity contribution in [2.75, 3.05) is 0 Å². The topological polar surface area (TPSA) is 77.8 Å². The summed E-state index contributed by atoms with van der Waals surface area (Å²) in [6.07, 6.45) is 2.57. The van der Waals surface area contributed by atoms with Crippen molar-refractivity contribution < 1.29 is 15.3 Å². The highest BCUT2D eigenvalue weighted by Crippen LogP contribution is 2.39. The Morgan fingerprint density at radius 1 is 1.30 bits per heavy atom. The molecule has 0 aromatic heterocycles. The first-order valence-electron chi connectivity index (χ1n) is 7.08. The van der Waals surface area contributed by atoms with Crippen molar-refractivity contribution in [1.29, 1.82) is 0 Å². The van der Waals surface area contributed by atoms with Crippen LogP contribution < -0.4 is 5.43 Å². The molecule has 2 unspecified atom stereocenters. The van der Waals surface area contributed by atoms with Gasteiger partial charge in [-0.1, -0.05) is 6.92 Å². The summed E-state index contributed by atoms with van der Waals surface area (Å²) in [5.41, 5.74) is 0.969. The van der Waals surface area contributed by atoms with Crippen LogP contribution in [-0.4, -0.2) is 20.9 Å². The number of fused-ring (bicyclic) bond motifs is 1. The van der Waals surface area contributed by atoms with Crippen LogP contribution in [0.3, 0.4) is 0 Å². The lowest BCUT2D eigenvalue weighted by atomic mass is 9.74. The van der Waals surface area contributed by atoms with Gasteiger partial charge >= 0.3 is 0 Å². The summed E-state index contributed by atoms with van der Waals surface area (Å²) >= 11 is 0. The second-order valence-corrected chi connectivity index (χ2v) is 6.00. The molecule has 0 amide bonds. The molecule has 0 saturated heterocycles. The van der Waals surface area contributed by atoms with Crippen LogP contribution in [-0.2, 0) is 12.8 Å². The lowest BCUT2D eigenvalue weighted by molar-refractivity contribution is -0.0104. The highest BCUT2D eigenvalue weighted by molar-refractivity contribution is 5.51. The summed E-state index contributed by atoms with van der Waals surface area (Å²) in [5, 5.41) is 30.2. The Bertz CT molecular complexity index is 590. The highest BCUT2D eigenvalue weighted by Gasteiger charge is 2.34. The second kappa shape index (κ2) is 5.09. The van der Waals surface area contributed by atoms with Crippen LogP contribution in [0.2, 0.25) is 0 Å². The van der Waals surface area contributed by atoms with Crippen LogP contribution in [0.15, 0.2) is 10.9 Å². The molecule has 1 aliphatic rings. The fourth-order valence-corrected chi connectivity index (χ4v) is 3.03. The number of aliphatic hydroxyl groups is 1. The first kappa shape index (κ1) is 14.9. The van der Waals surface area contributed by atoms with Crippen molar-refractivity contribution in [3.05, 3.63) is 33.0 Å². The number of aromatic hydroxyl groups is 2. The van der Waals surface area contributed by atoms with Crippen LogP contribution in [0, 0.1) is 12.8 Å². The van der Waals surface area contributed by atoms with Gasteiger partial charge in [0.25, 0.3) is 0 Å². The van der Waals surface area contributed by atoms with E-state index in [2.05, 4.69) is 0 Å². The maximum Gasteiger partial charge on any atom is 0.224 e. The standard InChI is InChI=1S/C16H22O4/c1-4-16(3,20)10-5-6-11-12(8-10)9(2)7-13(17)15(19)14(11)18/h7,10,20H,4-6,8H2,1-3H3,(H2,17,18,19). The predicted molar refractivity (Wildman–Crippen MR) is 77.2 cm³/mol. The van der Waals surface area contributed by atoms with E-state index in [1.54, 1.807) is 0 Å². The monoisotopic (exact) mass is 278 g/mol. The van der Waals surface area contributed by atoms with E-state index in [-0.39, 0.29) is 11.7 Å². The van der Waals surface area contributed by atoms with Crippen molar-refractivity contribution in [3.8, 4) is 11.5 Å². The van der Waals surface area contributed by atoms with Crippen molar-refractivity contribution >= 4 is 0 Å². The molecular weight excluding hydrogens is 256 g/mol. The van der Waals surface area contributed by atoms with Gasteiger partial charge in [-0.05, 0) is 62.6 Å². The van der Waals surface area contributed by atoms with Crippen molar-refractivity contribution in [3.63, 3.8) is 0 Å². The summed E-state index contributed by atoms with van der Waals surface area (Å²) in [5.74, 6) is -0.777. The Hall–Kier alpha value is -1.55. The number of aryl methyl sites for hydroxylation is 1. The van der Waals surface area contributed by atoms with Gasteiger partial charge in [0.2, 0.25) is 11.2 Å². The fraction of sp³-hybridized carbons (Fsp3) is 0.562. The van der Waals surface area contributed by atoms with Crippen LogP contribution >= 0.6 is 0 Å². The first-order valence-corrected chi connectivity index (χ1v) is 7.08. The SMILES string of the molecule is CCC(C)(O)C1CCc2c(O)c(O)c(=O)cc(C)c2C1. The molecule has 0 heterocycles. The van der Waals surface area contributed by atoms with Crippen LogP contribution in [0.5, 0.6) is 11.5 Å². The molecule has 0 spiro atoms. The van der Waals surface area contributed by atoms with E-state index in [1.807, 2.05) is 20.8 Å². The molecule has 0 bridgehead atoms. The molecule has 2 atom stereocenters. The third-order valence-electron chi connectivity index (χ3n) is 4.72. The molecule has 20 heavy (non-hydrogen) atoms. The molecular formula is C16H22O4. The molecule has 4 nitrogen and oxygen atoms in total. The van der Waals surface area contributed by atoms with Gasteiger partial charge in [-0.15, -0.1) is 0 Å². The molecule has 1 aromatic rings. The molecule has 4 heteroatoms. The lowest BCUT2D eigenvalue weighted by Crippen LogP contribution is -2.37. The van der Waals surface area contributed by atoms with Crippen LogP contribution in [0.4, 0.5) is 0 Å². The van der Waals surface area contributed by atoms with Crippen LogP contribution in [0.1, 0.15) is 43.4 Å². The molecule has 1 aliphatic carbocycles. The Balaban J connectivity index is 2.56.